The van der Waals surface area contributed by atoms with Crippen molar-refractivity contribution < 1.29 is 14.3 Å². The van der Waals surface area contributed by atoms with Gasteiger partial charge in [0.05, 0.1) is 12.1 Å². The van der Waals surface area contributed by atoms with Crippen LogP contribution in [0, 0.1) is 0 Å². The van der Waals surface area contributed by atoms with Crippen LogP contribution >= 0.6 is 23.2 Å². The Hall–Kier alpha value is -1.71. The molecule has 0 heterocycles. The van der Waals surface area contributed by atoms with E-state index in [-0.39, 0.29) is 6.61 Å². The van der Waals surface area contributed by atoms with Gasteiger partial charge in [-0.25, -0.2) is 0 Å². The van der Waals surface area contributed by atoms with E-state index in [1.165, 1.54) is 0 Å². The van der Waals surface area contributed by atoms with Crippen LogP contribution in [-0.4, -0.2) is 13.4 Å². The van der Waals surface area contributed by atoms with Gasteiger partial charge in [-0.2, -0.15) is 0 Å². The molecule has 0 aliphatic carbocycles. The van der Waals surface area contributed by atoms with Crippen LogP contribution in [0.25, 0.3) is 0 Å². The van der Waals surface area contributed by atoms with Gasteiger partial charge >= 0.3 is 0 Å². The molecule has 2 rings (SSSR count). The average molecular weight is 311 g/mol. The third kappa shape index (κ3) is 3.44. The summed E-state index contributed by atoms with van der Waals surface area (Å²) >= 11 is 12.0. The van der Waals surface area contributed by atoms with Gasteiger partial charge in [0.2, 0.25) is 0 Å². The maximum Gasteiger partial charge on any atom is 0.150 e. The lowest BCUT2D eigenvalue weighted by Gasteiger charge is -2.11. The first kappa shape index (κ1) is 14.7. The first-order valence-corrected chi connectivity index (χ1v) is 6.59. The van der Waals surface area contributed by atoms with Gasteiger partial charge in [0.25, 0.3) is 0 Å². The molecule has 3 nitrogen and oxygen atoms in total. The molecule has 20 heavy (non-hydrogen) atoms. The Kier molecular flexibility index (Phi) is 4.88. The summed E-state index contributed by atoms with van der Waals surface area (Å²) in [4.78, 5) is 10.6. The molecule has 0 unspecified atom stereocenters. The van der Waals surface area contributed by atoms with Gasteiger partial charge < -0.3 is 9.47 Å². The predicted molar refractivity (Wildman–Crippen MR) is 79.2 cm³/mol. The van der Waals surface area contributed by atoms with Gasteiger partial charge in [-0.15, -0.1) is 0 Å². The molecular weight excluding hydrogens is 299 g/mol. The first-order chi connectivity index (χ1) is 9.63. The molecule has 0 fully saturated rings. The largest absolute Gasteiger partial charge is 0.496 e. The van der Waals surface area contributed by atoms with Crippen molar-refractivity contribution in [1.82, 2.24) is 0 Å². The number of aldehydes is 1. The fraction of sp³-hybridized carbons (Fsp3) is 0.133. The lowest BCUT2D eigenvalue weighted by Crippen LogP contribution is -1.99. The minimum atomic E-state index is 0.268. The Balaban J connectivity index is 2.16. The van der Waals surface area contributed by atoms with Gasteiger partial charge in [0.1, 0.15) is 24.4 Å². The van der Waals surface area contributed by atoms with Crippen molar-refractivity contribution in [3.8, 4) is 11.5 Å². The van der Waals surface area contributed by atoms with Crippen LogP contribution in [-0.2, 0) is 6.61 Å². The first-order valence-electron chi connectivity index (χ1n) is 5.84. The Labute approximate surface area is 127 Å². The Morgan fingerprint density at radius 2 is 1.85 bits per heavy atom. The van der Waals surface area contributed by atoms with Crippen LogP contribution in [0.3, 0.4) is 0 Å². The van der Waals surface area contributed by atoms with E-state index in [1.807, 2.05) is 0 Å². The molecule has 0 aliphatic rings. The topological polar surface area (TPSA) is 35.5 Å². The van der Waals surface area contributed by atoms with Crippen LogP contribution in [0.15, 0.2) is 36.4 Å². The smallest absolute Gasteiger partial charge is 0.150 e. The Morgan fingerprint density at radius 3 is 2.50 bits per heavy atom. The van der Waals surface area contributed by atoms with E-state index in [0.29, 0.717) is 27.1 Å². The van der Waals surface area contributed by atoms with E-state index in [1.54, 1.807) is 43.5 Å². The third-order valence-corrected chi connectivity index (χ3v) is 3.25. The summed E-state index contributed by atoms with van der Waals surface area (Å²) < 4.78 is 10.9. The number of carbonyl (C=O) groups excluding carboxylic acids is 1. The van der Waals surface area contributed by atoms with E-state index >= 15 is 0 Å². The molecule has 0 atom stereocenters. The highest BCUT2D eigenvalue weighted by atomic mass is 35.5. The van der Waals surface area contributed by atoms with Crippen LogP contribution < -0.4 is 9.47 Å². The molecule has 104 valence electrons. The number of carbonyl (C=O) groups is 1. The summed E-state index contributed by atoms with van der Waals surface area (Å²) in [5, 5.41) is 0.988. The van der Waals surface area contributed by atoms with Crippen molar-refractivity contribution in [2.75, 3.05) is 7.11 Å². The monoisotopic (exact) mass is 310 g/mol. The number of benzene rings is 2. The van der Waals surface area contributed by atoms with E-state index in [2.05, 4.69) is 0 Å². The second-order valence-electron chi connectivity index (χ2n) is 4.05. The van der Waals surface area contributed by atoms with E-state index in [4.69, 9.17) is 32.7 Å². The molecule has 0 N–H and O–H groups in total. The van der Waals surface area contributed by atoms with Crippen molar-refractivity contribution >= 4 is 29.5 Å². The second-order valence-corrected chi connectivity index (χ2v) is 4.90. The van der Waals surface area contributed by atoms with Crippen LogP contribution in [0.4, 0.5) is 0 Å². The molecule has 0 amide bonds. The molecule has 5 heteroatoms. The van der Waals surface area contributed by atoms with Crippen molar-refractivity contribution in [2.45, 2.75) is 6.61 Å². The molecule has 0 saturated heterocycles. The molecular formula is C15H12Cl2O3. The predicted octanol–water partition coefficient (Wildman–Crippen LogP) is 4.39. The Morgan fingerprint density at radius 1 is 1.10 bits per heavy atom. The van der Waals surface area contributed by atoms with E-state index < -0.39 is 0 Å². The van der Waals surface area contributed by atoms with Gasteiger partial charge in [-0.1, -0.05) is 23.2 Å². The molecule has 0 bridgehead atoms. The maximum atomic E-state index is 10.6. The molecule has 0 aromatic heterocycles. The summed E-state index contributed by atoms with van der Waals surface area (Å²) in [7, 11) is 1.58. The fourth-order valence-electron chi connectivity index (χ4n) is 1.72. The summed E-state index contributed by atoms with van der Waals surface area (Å²) in [5.41, 5.74) is 1.32. The lowest BCUT2D eigenvalue weighted by molar-refractivity contribution is 0.112. The lowest BCUT2D eigenvalue weighted by atomic mass is 10.2. The standard InChI is InChI=1S/C15H12Cl2O3/c1-19-14-5-3-12(16)7-11(14)9-20-15-4-2-10(8-18)6-13(15)17/h2-8H,9H2,1H3. The minimum Gasteiger partial charge on any atom is -0.496 e. The number of ether oxygens (including phenoxy) is 2. The highest BCUT2D eigenvalue weighted by Gasteiger charge is 2.07. The number of rotatable bonds is 5. The Bertz CT molecular complexity index is 627. The SMILES string of the molecule is COc1ccc(Cl)cc1COc1ccc(C=O)cc1Cl. The average Bonchev–Trinajstić information content (AvgIpc) is 2.46. The van der Waals surface area contributed by atoms with Crippen LogP contribution in [0.2, 0.25) is 10.0 Å². The van der Waals surface area contributed by atoms with Crippen LogP contribution in [0.5, 0.6) is 11.5 Å². The summed E-state index contributed by atoms with van der Waals surface area (Å²) in [6.07, 6.45) is 0.732. The fourth-order valence-corrected chi connectivity index (χ4v) is 2.16. The van der Waals surface area contributed by atoms with Crippen molar-refractivity contribution in [3.05, 3.63) is 57.6 Å². The number of halogens is 2. The van der Waals surface area contributed by atoms with Gasteiger partial charge in [-0.05, 0) is 36.4 Å². The van der Waals surface area contributed by atoms with Crippen molar-refractivity contribution in [1.29, 1.82) is 0 Å². The zero-order valence-electron chi connectivity index (χ0n) is 10.7. The quantitative estimate of drug-likeness (QED) is 0.768. The number of hydrogen-bond acceptors (Lipinski definition) is 3. The minimum absolute atomic E-state index is 0.268. The van der Waals surface area contributed by atoms with Gasteiger partial charge in [0.15, 0.2) is 0 Å². The molecule has 2 aromatic rings. The summed E-state index contributed by atoms with van der Waals surface area (Å²) in [5.74, 6) is 1.19. The zero-order valence-corrected chi connectivity index (χ0v) is 12.2. The van der Waals surface area contributed by atoms with Crippen LogP contribution in [0.1, 0.15) is 15.9 Å². The summed E-state index contributed by atoms with van der Waals surface area (Å²) in [6, 6.07) is 10.1. The molecule has 2 aromatic carbocycles. The van der Waals surface area contributed by atoms with Crippen molar-refractivity contribution in [3.63, 3.8) is 0 Å². The molecule has 0 saturated carbocycles. The highest BCUT2D eigenvalue weighted by Crippen LogP contribution is 2.28. The van der Waals surface area contributed by atoms with E-state index in [9.17, 15) is 4.79 Å². The van der Waals surface area contributed by atoms with E-state index in [0.717, 1.165) is 11.8 Å². The van der Waals surface area contributed by atoms with Crippen molar-refractivity contribution in [2.24, 2.45) is 0 Å². The maximum absolute atomic E-state index is 10.6. The molecule has 0 aliphatic heterocycles. The third-order valence-electron chi connectivity index (χ3n) is 2.72. The summed E-state index contributed by atoms with van der Waals surface area (Å²) in [6.45, 7) is 0.268. The number of methoxy groups -OCH3 is 1. The van der Waals surface area contributed by atoms with Gasteiger partial charge in [-0.3, -0.25) is 4.79 Å². The highest BCUT2D eigenvalue weighted by molar-refractivity contribution is 6.32. The number of hydrogen-bond donors (Lipinski definition) is 0. The zero-order chi connectivity index (χ0) is 14.5. The molecule has 0 spiro atoms. The molecule has 0 radical (unpaired) electrons. The normalized spacial score (nSPS) is 10.2. The van der Waals surface area contributed by atoms with Gasteiger partial charge in [0, 0.05) is 16.1 Å². The second kappa shape index (κ2) is 6.64.